The SMILES string of the molecule is CCc1cc(Br)ccc1NCC(=O)NCC#N. The van der Waals surface area contributed by atoms with E-state index in [0.717, 1.165) is 22.1 Å². The summed E-state index contributed by atoms with van der Waals surface area (Å²) in [4.78, 5) is 11.3. The maximum absolute atomic E-state index is 11.3. The molecule has 0 heterocycles. The molecule has 1 amide bonds. The van der Waals surface area contributed by atoms with Gasteiger partial charge in [0.15, 0.2) is 0 Å². The number of amides is 1. The van der Waals surface area contributed by atoms with Gasteiger partial charge >= 0.3 is 0 Å². The second kappa shape index (κ2) is 6.92. The third-order valence-corrected chi connectivity index (χ3v) is 2.75. The topological polar surface area (TPSA) is 64.9 Å². The first-order valence-electron chi connectivity index (χ1n) is 5.33. The average Bonchev–Trinajstić information content (AvgIpc) is 2.34. The Kier molecular flexibility index (Phi) is 5.50. The Labute approximate surface area is 109 Å². The molecule has 0 aromatic heterocycles. The molecular formula is C12H14BrN3O. The molecule has 0 saturated carbocycles. The number of halogens is 1. The number of rotatable bonds is 5. The quantitative estimate of drug-likeness (QED) is 0.817. The van der Waals surface area contributed by atoms with Crippen molar-refractivity contribution in [2.45, 2.75) is 13.3 Å². The van der Waals surface area contributed by atoms with Gasteiger partial charge in [-0.2, -0.15) is 5.26 Å². The number of carbonyl (C=O) groups excluding carboxylic acids is 1. The van der Waals surface area contributed by atoms with Gasteiger partial charge in [0.05, 0.1) is 12.6 Å². The molecule has 4 nitrogen and oxygen atoms in total. The van der Waals surface area contributed by atoms with Gasteiger partial charge in [0.1, 0.15) is 6.54 Å². The average molecular weight is 296 g/mol. The largest absolute Gasteiger partial charge is 0.376 e. The van der Waals surface area contributed by atoms with Crippen LogP contribution in [-0.2, 0) is 11.2 Å². The molecule has 1 rings (SSSR count). The van der Waals surface area contributed by atoms with E-state index >= 15 is 0 Å². The fraction of sp³-hybridized carbons (Fsp3) is 0.333. The summed E-state index contributed by atoms with van der Waals surface area (Å²) in [7, 11) is 0. The molecule has 2 N–H and O–H groups in total. The Bertz CT molecular complexity index is 440. The highest BCUT2D eigenvalue weighted by molar-refractivity contribution is 9.10. The van der Waals surface area contributed by atoms with Crippen molar-refractivity contribution in [2.24, 2.45) is 0 Å². The predicted molar refractivity (Wildman–Crippen MR) is 70.6 cm³/mol. The lowest BCUT2D eigenvalue weighted by atomic mass is 10.1. The summed E-state index contributed by atoms with van der Waals surface area (Å²) >= 11 is 3.41. The number of nitriles is 1. The van der Waals surface area contributed by atoms with Gasteiger partial charge in [-0.25, -0.2) is 0 Å². The summed E-state index contributed by atoms with van der Waals surface area (Å²) in [6, 6.07) is 7.74. The van der Waals surface area contributed by atoms with Gasteiger partial charge in [-0.05, 0) is 30.2 Å². The Morgan fingerprint density at radius 1 is 1.53 bits per heavy atom. The molecule has 0 aliphatic carbocycles. The van der Waals surface area contributed by atoms with Crippen LogP contribution in [0, 0.1) is 11.3 Å². The van der Waals surface area contributed by atoms with E-state index in [1.807, 2.05) is 24.3 Å². The molecule has 0 saturated heterocycles. The van der Waals surface area contributed by atoms with Crippen molar-refractivity contribution in [2.75, 3.05) is 18.4 Å². The summed E-state index contributed by atoms with van der Waals surface area (Å²) in [6.45, 7) is 2.28. The minimum atomic E-state index is -0.184. The van der Waals surface area contributed by atoms with Crippen LogP contribution in [0.15, 0.2) is 22.7 Å². The minimum Gasteiger partial charge on any atom is -0.376 e. The zero-order valence-corrected chi connectivity index (χ0v) is 11.2. The van der Waals surface area contributed by atoms with Crippen LogP contribution in [0.4, 0.5) is 5.69 Å². The summed E-state index contributed by atoms with van der Waals surface area (Å²) < 4.78 is 1.02. The molecule has 0 aliphatic rings. The van der Waals surface area contributed by atoms with Crippen LogP contribution in [0.3, 0.4) is 0 Å². The molecule has 0 aliphatic heterocycles. The second-order valence-corrected chi connectivity index (χ2v) is 4.36. The molecule has 17 heavy (non-hydrogen) atoms. The lowest BCUT2D eigenvalue weighted by Gasteiger charge is -2.10. The van der Waals surface area contributed by atoms with Gasteiger partial charge in [0, 0.05) is 10.2 Å². The highest BCUT2D eigenvalue weighted by atomic mass is 79.9. The smallest absolute Gasteiger partial charge is 0.240 e. The third-order valence-electron chi connectivity index (χ3n) is 2.25. The van der Waals surface area contributed by atoms with Crippen molar-refractivity contribution < 1.29 is 4.79 Å². The first kappa shape index (κ1) is 13.5. The van der Waals surface area contributed by atoms with Crippen molar-refractivity contribution in [1.82, 2.24) is 5.32 Å². The molecule has 5 heteroatoms. The molecule has 0 fully saturated rings. The molecule has 0 spiro atoms. The van der Waals surface area contributed by atoms with Gasteiger partial charge in [-0.15, -0.1) is 0 Å². The lowest BCUT2D eigenvalue weighted by molar-refractivity contribution is -0.119. The van der Waals surface area contributed by atoms with Gasteiger partial charge in [0.25, 0.3) is 0 Å². The number of nitrogens with one attached hydrogen (secondary N) is 2. The number of anilines is 1. The fourth-order valence-electron chi connectivity index (χ4n) is 1.40. The van der Waals surface area contributed by atoms with Crippen LogP contribution in [-0.4, -0.2) is 19.0 Å². The van der Waals surface area contributed by atoms with E-state index in [4.69, 9.17) is 5.26 Å². The first-order chi connectivity index (χ1) is 8.17. The number of carbonyl (C=O) groups is 1. The van der Waals surface area contributed by atoms with Crippen LogP contribution in [0.1, 0.15) is 12.5 Å². The number of hydrogen-bond donors (Lipinski definition) is 2. The van der Waals surface area contributed by atoms with E-state index in [1.165, 1.54) is 0 Å². The van der Waals surface area contributed by atoms with Crippen LogP contribution in [0.25, 0.3) is 0 Å². The molecular weight excluding hydrogens is 282 g/mol. The molecule has 0 bridgehead atoms. The minimum absolute atomic E-state index is 0.0431. The standard InChI is InChI=1S/C12H14BrN3O/c1-2-9-7-10(13)3-4-11(9)16-8-12(17)15-6-5-14/h3-4,7,16H,2,6,8H2,1H3,(H,15,17). The van der Waals surface area contributed by atoms with Crippen LogP contribution >= 0.6 is 15.9 Å². The van der Waals surface area contributed by atoms with E-state index in [1.54, 1.807) is 0 Å². The van der Waals surface area contributed by atoms with Gasteiger partial charge < -0.3 is 10.6 Å². The van der Waals surface area contributed by atoms with Crippen LogP contribution in [0.5, 0.6) is 0 Å². The zero-order valence-electron chi connectivity index (χ0n) is 9.59. The zero-order chi connectivity index (χ0) is 12.7. The maximum Gasteiger partial charge on any atom is 0.240 e. The Balaban J connectivity index is 2.57. The van der Waals surface area contributed by atoms with E-state index in [0.29, 0.717) is 0 Å². The highest BCUT2D eigenvalue weighted by Crippen LogP contribution is 2.21. The van der Waals surface area contributed by atoms with E-state index in [-0.39, 0.29) is 19.0 Å². The van der Waals surface area contributed by atoms with E-state index < -0.39 is 0 Å². The normalized spacial score (nSPS) is 9.47. The van der Waals surface area contributed by atoms with E-state index in [2.05, 4.69) is 33.5 Å². The van der Waals surface area contributed by atoms with Crippen LogP contribution in [0.2, 0.25) is 0 Å². The van der Waals surface area contributed by atoms with Crippen molar-refractivity contribution in [1.29, 1.82) is 5.26 Å². The summed E-state index contributed by atoms with van der Waals surface area (Å²) in [5.41, 5.74) is 2.09. The Morgan fingerprint density at radius 2 is 2.29 bits per heavy atom. The van der Waals surface area contributed by atoms with Crippen molar-refractivity contribution >= 4 is 27.5 Å². The molecule has 90 valence electrons. The van der Waals surface area contributed by atoms with Gasteiger partial charge in [-0.3, -0.25) is 4.79 Å². The molecule has 1 aromatic rings. The monoisotopic (exact) mass is 295 g/mol. The molecule has 1 aromatic carbocycles. The van der Waals surface area contributed by atoms with Gasteiger partial charge in [-0.1, -0.05) is 22.9 Å². The number of benzene rings is 1. The predicted octanol–water partition coefficient (Wildman–Crippen LogP) is 2.06. The second-order valence-electron chi connectivity index (χ2n) is 3.44. The van der Waals surface area contributed by atoms with Crippen molar-refractivity contribution in [3.8, 4) is 6.07 Å². The fourth-order valence-corrected chi connectivity index (χ4v) is 1.81. The number of aryl methyl sites for hydroxylation is 1. The molecule has 0 unspecified atom stereocenters. The number of nitrogens with zero attached hydrogens (tertiary/aromatic N) is 1. The summed E-state index contributed by atoms with van der Waals surface area (Å²) in [5, 5.41) is 13.9. The van der Waals surface area contributed by atoms with Crippen molar-refractivity contribution in [3.63, 3.8) is 0 Å². The third kappa shape index (κ3) is 4.45. The maximum atomic E-state index is 11.3. The number of hydrogen-bond acceptors (Lipinski definition) is 3. The lowest BCUT2D eigenvalue weighted by Crippen LogP contribution is -2.30. The molecule has 0 radical (unpaired) electrons. The first-order valence-corrected chi connectivity index (χ1v) is 6.12. The van der Waals surface area contributed by atoms with Gasteiger partial charge in [0.2, 0.25) is 5.91 Å². The summed E-state index contributed by atoms with van der Waals surface area (Å²) in [5.74, 6) is -0.184. The highest BCUT2D eigenvalue weighted by Gasteiger charge is 2.04. The molecule has 0 atom stereocenters. The van der Waals surface area contributed by atoms with Crippen LogP contribution < -0.4 is 10.6 Å². The Hall–Kier alpha value is -1.54. The summed E-state index contributed by atoms with van der Waals surface area (Å²) in [6.07, 6.45) is 0.890. The van der Waals surface area contributed by atoms with E-state index in [9.17, 15) is 4.79 Å². The Morgan fingerprint density at radius 3 is 2.94 bits per heavy atom. The van der Waals surface area contributed by atoms with Crippen molar-refractivity contribution in [3.05, 3.63) is 28.2 Å².